The molecule has 0 radical (unpaired) electrons. The van der Waals surface area contributed by atoms with Crippen molar-refractivity contribution in [2.75, 3.05) is 13.1 Å². The molecule has 1 aliphatic rings. The number of nitrogens with one attached hydrogen (secondary N) is 1. The standard InChI is InChI=1S/C20H24ClN5O2S/c1-13(2)25-9-6-14(7-10-25)23-20(27)16-5-8-22-26(16)12-15-11-17(28-24-15)18-3-4-19(21)29-18/h3-5,8,11,13-14H,6-7,9-10,12H2,1-2H3,(H,23,27). The summed E-state index contributed by atoms with van der Waals surface area (Å²) >= 11 is 7.42. The van der Waals surface area contributed by atoms with Crippen LogP contribution in [0.4, 0.5) is 0 Å². The Morgan fingerprint density at radius 2 is 2.14 bits per heavy atom. The molecule has 3 aromatic rings. The van der Waals surface area contributed by atoms with Crippen LogP contribution in [0.5, 0.6) is 0 Å². The zero-order valence-corrected chi connectivity index (χ0v) is 18.0. The highest BCUT2D eigenvalue weighted by Gasteiger charge is 2.24. The highest BCUT2D eigenvalue weighted by atomic mass is 35.5. The zero-order chi connectivity index (χ0) is 20.4. The van der Waals surface area contributed by atoms with Crippen LogP contribution in [0.15, 0.2) is 35.0 Å². The molecule has 1 N–H and O–H groups in total. The molecule has 0 atom stereocenters. The van der Waals surface area contributed by atoms with Gasteiger partial charge in [-0.05, 0) is 44.9 Å². The largest absolute Gasteiger partial charge is 0.355 e. The predicted molar refractivity (Wildman–Crippen MR) is 113 cm³/mol. The van der Waals surface area contributed by atoms with Crippen LogP contribution in [0.1, 0.15) is 42.9 Å². The molecule has 0 saturated carbocycles. The summed E-state index contributed by atoms with van der Waals surface area (Å²) in [6.45, 7) is 6.80. The lowest BCUT2D eigenvalue weighted by Crippen LogP contribution is -2.46. The minimum atomic E-state index is -0.0979. The summed E-state index contributed by atoms with van der Waals surface area (Å²) in [4.78, 5) is 16.1. The van der Waals surface area contributed by atoms with Crippen LogP contribution in [0.3, 0.4) is 0 Å². The Kier molecular flexibility index (Phi) is 6.03. The second kappa shape index (κ2) is 8.69. The van der Waals surface area contributed by atoms with Crippen molar-refractivity contribution in [1.29, 1.82) is 0 Å². The number of rotatable bonds is 6. The number of thiophene rings is 1. The number of aromatic nitrogens is 3. The van der Waals surface area contributed by atoms with E-state index in [0.717, 1.165) is 30.8 Å². The number of nitrogens with zero attached hydrogens (tertiary/aromatic N) is 4. The molecule has 3 aromatic heterocycles. The lowest BCUT2D eigenvalue weighted by molar-refractivity contribution is 0.0890. The summed E-state index contributed by atoms with van der Waals surface area (Å²) in [6, 6.07) is 8.06. The molecule has 0 bridgehead atoms. The summed E-state index contributed by atoms with van der Waals surface area (Å²) in [6.07, 6.45) is 3.57. The van der Waals surface area contributed by atoms with Gasteiger partial charge in [0.15, 0.2) is 5.76 Å². The highest BCUT2D eigenvalue weighted by Crippen LogP contribution is 2.31. The fourth-order valence-electron chi connectivity index (χ4n) is 3.57. The van der Waals surface area contributed by atoms with Gasteiger partial charge in [0.25, 0.3) is 5.91 Å². The Morgan fingerprint density at radius 3 is 2.83 bits per heavy atom. The number of amides is 1. The van der Waals surface area contributed by atoms with Gasteiger partial charge < -0.3 is 14.7 Å². The van der Waals surface area contributed by atoms with Gasteiger partial charge in [0.05, 0.1) is 15.8 Å². The van der Waals surface area contributed by atoms with E-state index in [4.69, 9.17) is 16.1 Å². The Labute approximate surface area is 178 Å². The maximum atomic E-state index is 12.8. The van der Waals surface area contributed by atoms with Crippen LogP contribution in [0, 0.1) is 0 Å². The van der Waals surface area contributed by atoms with Crippen molar-refractivity contribution in [3.05, 3.63) is 46.2 Å². The van der Waals surface area contributed by atoms with Crippen molar-refractivity contribution < 1.29 is 9.32 Å². The molecule has 0 unspecified atom stereocenters. The van der Waals surface area contributed by atoms with Crippen molar-refractivity contribution in [1.82, 2.24) is 25.2 Å². The van der Waals surface area contributed by atoms with E-state index in [9.17, 15) is 4.79 Å². The zero-order valence-electron chi connectivity index (χ0n) is 16.5. The SMILES string of the molecule is CC(C)N1CCC(NC(=O)c2ccnn2Cc2cc(-c3ccc(Cl)s3)on2)CC1. The van der Waals surface area contributed by atoms with Crippen molar-refractivity contribution in [3.63, 3.8) is 0 Å². The van der Waals surface area contributed by atoms with Crippen LogP contribution in [0.25, 0.3) is 10.6 Å². The van der Waals surface area contributed by atoms with E-state index in [1.54, 1.807) is 16.9 Å². The number of hydrogen-bond acceptors (Lipinski definition) is 6. The first-order chi connectivity index (χ1) is 14.0. The van der Waals surface area contributed by atoms with Gasteiger partial charge in [0, 0.05) is 37.4 Å². The summed E-state index contributed by atoms with van der Waals surface area (Å²) in [7, 11) is 0. The molecule has 1 aliphatic heterocycles. The summed E-state index contributed by atoms with van der Waals surface area (Å²) in [5.74, 6) is 0.561. The monoisotopic (exact) mass is 433 g/mol. The molecule has 0 aromatic carbocycles. The van der Waals surface area contributed by atoms with Gasteiger partial charge in [-0.25, -0.2) is 0 Å². The van der Waals surface area contributed by atoms with E-state index >= 15 is 0 Å². The quantitative estimate of drug-likeness (QED) is 0.637. The van der Waals surface area contributed by atoms with Gasteiger partial charge in [0.2, 0.25) is 0 Å². The molecule has 1 amide bonds. The fourth-order valence-corrected chi connectivity index (χ4v) is 4.57. The van der Waals surface area contributed by atoms with Gasteiger partial charge in [0.1, 0.15) is 11.4 Å². The molecule has 1 fully saturated rings. The summed E-state index contributed by atoms with van der Waals surface area (Å²) < 4.78 is 7.77. The second-order valence-corrected chi connectivity index (χ2v) is 9.25. The molecule has 29 heavy (non-hydrogen) atoms. The molecule has 0 aliphatic carbocycles. The fraction of sp³-hybridized carbons (Fsp3) is 0.450. The van der Waals surface area contributed by atoms with Crippen molar-refractivity contribution in [3.8, 4) is 10.6 Å². The average Bonchev–Trinajstić information content (AvgIpc) is 3.43. The first kappa shape index (κ1) is 20.1. The normalized spacial score (nSPS) is 15.9. The van der Waals surface area contributed by atoms with Crippen LogP contribution < -0.4 is 5.32 Å². The highest BCUT2D eigenvalue weighted by molar-refractivity contribution is 7.19. The summed E-state index contributed by atoms with van der Waals surface area (Å²) in [5, 5.41) is 11.6. The van der Waals surface area contributed by atoms with Crippen LogP contribution in [-0.4, -0.2) is 50.9 Å². The molecule has 154 valence electrons. The number of carbonyl (C=O) groups is 1. The Hall–Kier alpha value is -2.16. The third-order valence-corrected chi connectivity index (χ3v) is 6.48. The lowest BCUT2D eigenvalue weighted by atomic mass is 10.0. The first-order valence-electron chi connectivity index (χ1n) is 9.77. The summed E-state index contributed by atoms with van der Waals surface area (Å²) in [5.41, 5.74) is 1.23. The van der Waals surface area contributed by atoms with E-state index in [2.05, 4.69) is 34.3 Å². The number of halogens is 1. The van der Waals surface area contributed by atoms with Crippen molar-refractivity contribution in [2.24, 2.45) is 0 Å². The smallest absolute Gasteiger partial charge is 0.269 e. The topological polar surface area (TPSA) is 76.2 Å². The number of carbonyl (C=O) groups excluding carboxylic acids is 1. The Balaban J connectivity index is 1.38. The maximum absolute atomic E-state index is 12.8. The molecule has 4 heterocycles. The lowest BCUT2D eigenvalue weighted by Gasteiger charge is -2.34. The van der Waals surface area contributed by atoms with Gasteiger partial charge in [-0.1, -0.05) is 16.8 Å². The van der Waals surface area contributed by atoms with Gasteiger partial charge in [-0.3, -0.25) is 9.48 Å². The number of likely N-dealkylation sites (tertiary alicyclic amines) is 1. The minimum Gasteiger partial charge on any atom is -0.355 e. The third kappa shape index (κ3) is 4.71. The predicted octanol–water partition coefficient (Wildman–Crippen LogP) is 3.90. The van der Waals surface area contributed by atoms with Crippen LogP contribution in [-0.2, 0) is 6.54 Å². The van der Waals surface area contributed by atoms with Crippen molar-refractivity contribution in [2.45, 2.75) is 45.3 Å². The number of piperidine rings is 1. The van der Waals surface area contributed by atoms with Crippen LogP contribution >= 0.6 is 22.9 Å². The van der Waals surface area contributed by atoms with E-state index in [-0.39, 0.29) is 11.9 Å². The van der Waals surface area contributed by atoms with E-state index in [0.29, 0.717) is 34.1 Å². The Morgan fingerprint density at radius 1 is 1.34 bits per heavy atom. The van der Waals surface area contributed by atoms with E-state index < -0.39 is 0 Å². The van der Waals surface area contributed by atoms with Crippen LogP contribution in [0.2, 0.25) is 4.34 Å². The van der Waals surface area contributed by atoms with E-state index in [1.807, 2.05) is 18.2 Å². The molecule has 0 spiro atoms. The third-order valence-electron chi connectivity index (χ3n) is 5.23. The number of hydrogen-bond donors (Lipinski definition) is 1. The second-order valence-electron chi connectivity index (χ2n) is 7.54. The Bertz CT molecular complexity index is 971. The molecule has 7 nitrogen and oxygen atoms in total. The van der Waals surface area contributed by atoms with Gasteiger partial charge >= 0.3 is 0 Å². The average molecular weight is 434 g/mol. The van der Waals surface area contributed by atoms with Gasteiger partial charge in [-0.15, -0.1) is 11.3 Å². The molecule has 4 rings (SSSR count). The molecular weight excluding hydrogens is 410 g/mol. The van der Waals surface area contributed by atoms with Gasteiger partial charge in [-0.2, -0.15) is 5.10 Å². The maximum Gasteiger partial charge on any atom is 0.269 e. The minimum absolute atomic E-state index is 0.0979. The molecule has 9 heteroatoms. The molecular formula is C20H24ClN5O2S. The molecule has 1 saturated heterocycles. The van der Waals surface area contributed by atoms with E-state index in [1.165, 1.54) is 11.3 Å². The van der Waals surface area contributed by atoms with Crippen molar-refractivity contribution >= 4 is 28.8 Å². The first-order valence-corrected chi connectivity index (χ1v) is 11.0.